The summed E-state index contributed by atoms with van der Waals surface area (Å²) in [7, 11) is 0. The molecule has 1 aromatic heterocycles. The van der Waals surface area contributed by atoms with Crippen LogP contribution >= 0.6 is 28.1 Å². The van der Waals surface area contributed by atoms with E-state index in [1.165, 1.54) is 4.57 Å². The number of nitrogen functional groups attached to an aromatic ring is 1. The monoisotopic (exact) mass is 347 g/mol. The molecule has 0 fully saturated rings. The fraction of sp³-hybridized carbons (Fsp3) is 0. The number of aromatic amines is 1. The first-order valence-electron chi connectivity index (χ1n) is 5.87. The van der Waals surface area contributed by atoms with Crippen molar-refractivity contribution in [1.29, 1.82) is 0 Å². The Balaban J connectivity index is 2.46. The van der Waals surface area contributed by atoms with Gasteiger partial charge in [0.05, 0.1) is 22.3 Å². The predicted molar refractivity (Wildman–Crippen MR) is 86.8 cm³/mol. The quantitative estimate of drug-likeness (QED) is 0.523. The molecule has 0 spiro atoms. The first-order valence-corrected chi connectivity index (χ1v) is 7.07. The number of nitrogens with one attached hydrogen (secondary N) is 1. The van der Waals surface area contributed by atoms with Crippen molar-refractivity contribution in [3.8, 4) is 5.69 Å². The van der Waals surface area contributed by atoms with Gasteiger partial charge in [-0.05, 0) is 42.5 Å². The summed E-state index contributed by atoms with van der Waals surface area (Å²) in [5.41, 5.74) is 7.53. The Kier molecular flexibility index (Phi) is 3.19. The van der Waals surface area contributed by atoms with Crippen molar-refractivity contribution >= 4 is 44.7 Å². The van der Waals surface area contributed by atoms with E-state index in [1.54, 1.807) is 18.2 Å². The average Bonchev–Trinajstić information content (AvgIpc) is 2.42. The van der Waals surface area contributed by atoms with Gasteiger partial charge >= 0.3 is 0 Å². The second kappa shape index (κ2) is 4.88. The summed E-state index contributed by atoms with van der Waals surface area (Å²) in [5.74, 6) is 0. The molecule has 100 valence electrons. The highest BCUT2D eigenvalue weighted by Gasteiger charge is 2.09. The number of halogens is 1. The lowest BCUT2D eigenvalue weighted by Gasteiger charge is -2.10. The van der Waals surface area contributed by atoms with Crippen LogP contribution in [0.3, 0.4) is 0 Å². The summed E-state index contributed by atoms with van der Waals surface area (Å²) in [4.78, 5) is 15.7. The maximum Gasteiger partial charge on any atom is 0.266 e. The molecule has 6 heteroatoms. The van der Waals surface area contributed by atoms with Crippen molar-refractivity contribution in [3.63, 3.8) is 0 Å². The van der Waals surface area contributed by atoms with Crippen molar-refractivity contribution in [2.75, 3.05) is 5.73 Å². The number of hydrogen-bond donors (Lipinski definition) is 2. The minimum Gasteiger partial charge on any atom is -0.397 e. The van der Waals surface area contributed by atoms with Crippen LogP contribution in [0.1, 0.15) is 0 Å². The molecule has 2 aromatic carbocycles. The van der Waals surface area contributed by atoms with Gasteiger partial charge in [-0.25, -0.2) is 0 Å². The lowest BCUT2D eigenvalue weighted by atomic mass is 10.2. The summed E-state index contributed by atoms with van der Waals surface area (Å²) < 4.78 is 2.57. The van der Waals surface area contributed by atoms with Crippen LogP contribution in [0.5, 0.6) is 0 Å². The molecule has 0 aliphatic heterocycles. The number of anilines is 1. The molecule has 0 amide bonds. The summed E-state index contributed by atoms with van der Waals surface area (Å²) in [6.45, 7) is 0. The van der Waals surface area contributed by atoms with E-state index in [0.717, 1.165) is 4.47 Å². The zero-order chi connectivity index (χ0) is 14.3. The van der Waals surface area contributed by atoms with E-state index in [-0.39, 0.29) is 5.56 Å². The predicted octanol–water partition coefficient (Wildman–Crippen LogP) is 3.39. The molecular weight excluding hydrogens is 338 g/mol. The van der Waals surface area contributed by atoms with E-state index >= 15 is 0 Å². The molecule has 0 saturated carbocycles. The van der Waals surface area contributed by atoms with Crippen LogP contribution in [0.15, 0.2) is 51.7 Å². The van der Waals surface area contributed by atoms with E-state index < -0.39 is 0 Å². The number of rotatable bonds is 1. The number of H-pyrrole nitrogens is 1. The van der Waals surface area contributed by atoms with E-state index in [2.05, 4.69) is 20.9 Å². The summed E-state index contributed by atoms with van der Waals surface area (Å²) in [6.07, 6.45) is 0. The van der Waals surface area contributed by atoms with Crippen LogP contribution < -0.4 is 11.3 Å². The molecule has 0 radical (unpaired) electrons. The average molecular weight is 348 g/mol. The highest BCUT2D eigenvalue weighted by atomic mass is 79.9. The number of nitrogens with zero attached hydrogens (tertiary/aromatic N) is 1. The minimum absolute atomic E-state index is 0.192. The van der Waals surface area contributed by atoms with Crippen LogP contribution in [0.2, 0.25) is 0 Å². The topological polar surface area (TPSA) is 63.8 Å². The van der Waals surface area contributed by atoms with Crippen LogP contribution in [0, 0.1) is 4.77 Å². The molecule has 0 bridgehead atoms. The zero-order valence-corrected chi connectivity index (χ0v) is 12.7. The van der Waals surface area contributed by atoms with E-state index in [4.69, 9.17) is 18.0 Å². The SMILES string of the molecule is Nc1ccccc1-n1c(=S)[nH]c2ccc(Br)cc2c1=O. The third kappa shape index (κ3) is 2.07. The lowest BCUT2D eigenvalue weighted by Crippen LogP contribution is -2.21. The van der Waals surface area contributed by atoms with Crippen LogP contribution in [0.25, 0.3) is 16.6 Å². The fourth-order valence-corrected chi connectivity index (χ4v) is 2.75. The largest absolute Gasteiger partial charge is 0.397 e. The fourth-order valence-electron chi connectivity index (χ4n) is 2.10. The molecule has 3 aromatic rings. The number of fused-ring (bicyclic) bond motifs is 1. The molecule has 0 aliphatic rings. The van der Waals surface area contributed by atoms with E-state index in [0.29, 0.717) is 27.0 Å². The number of para-hydroxylation sites is 2. The Hall–Kier alpha value is -1.92. The minimum atomic E-state index is -0.192. The maximum atomic E-state index is 12.7. The van der Waals surface area contributed by atoms with Gasteiger partial charge in [0.2, 0.25) is 0 Å². The summed E-state index contributed by atoms with van der Waals surface area (Å²) in [5, 5.41) is 0.552. The standard InChI is InChI=1S/C14H10BrN3OS/c15-8-5-6-11-9(7-8)13(19)18(14(20)17-11)12-4-2-1-3-10(12)16/h1-7H,16H2,(H,17,20). The molecule has 0 saturated heterocycles. The van der Waals surface area contributed by atoms with Gasteiger partial charge in [-0.15, -0.1) is 0 Å². The van der Waals surface area contributed by atoms with Crippen LogP contribution in [0.4, 0.5) is 5.69 Å². The van der Waals surface area contributed by atoms with Crippen molar-refractivity contribution < 1.29 is 0 Å². The van der Waals surface area contributed by atoms with Crippen molar-refractivity contribution in [1.82, 2.24) is 9.55 Å². The highest BCUT2D eigenvalue weighted by molar-refractivity contribution is 9.10. The Bertz CT molecular complexity index is 930. The van der Waals surface area contributed by atoms with Gasteiger partial charge < -0.3 is 10.7 Å². The van der Waals surface area contributed by atoms with Gasteiger partial charge in [0.25, 0.3) is 5.56 Å². The smallest absolute Gasteiger partial charge is 0.266 e. The van der Waals surface area contributed by atoms with Crippen molar-refractivity contribution in [2.24, 2.45) is 0 Å². The first kappa shape index (κ1) is 13.1. The number of benzene rings is 2. The normalized spacial score (nSPS) is 10.8. The molecule has 3 N–H and O–H groups in total. The Morgan fingerprint density at radius 1 is 1.20 bits per heavy atom. The first-order chi connectivity index (χ1) is 9.58. The van der Waals surface area contributed by atoms with Gasteiger partial charge in [0, 0.05) is 4.47 Å². The van der Waals surface area contributed by atoms with E-state index in [9.17, 15) is 4.79 Å². The molecule has 0 unspecified atom stereocenters. The molecule has 3 rings (SSSR count). The Morgan fingerprint density at radius 2 is 1.95 bits per heavy atom. The molecule has 0 aliphatic carbocycles. The molecular formula is C14H10BrN3OS. The summed E-state index contributed by atoms with van der Waals surface area (Å²) >= 11 is 8.65. The Labute approximate surface area is 128 Å². The van der Waals surface area contributed by atoms with E-state index in [1.807, 2.05) is 24.3 Å². The molecule has 20 heavy (non-hydrogen) atoms. The third-order valence-corrected chi connectivity index (χ3v) is 3.82. The van der Waals surface area contributed by atoms with Crippen LogP contribution in [-0.4, -0.2) is 9.55 Å². The van der Waals surface area contributed by atoms with Gasteiger partial charge in [-0.2, -0.15) is 0 Å². The van der Waals surface area contributed by atoms with Gasteiger partial charge in [0.1, 0.15) is 0 Å². The zero-order valence-electron chi connectivity index (χ0n) is 10.3. The van der Waals surface area contributed by atoms with Gasteiger partial charge in [-0.1, -0.05) is 28.1 Å². The highest BCUT2D eigenvalue weighted by Crippen LogP contribution is 2.19. The van der Waals surface area contributed by atoms with Gasteiger partial charge in [-0.3, -0.25) is 9.36 Å². The lowest BCUT2D eigenvalue weighted by molar-refractivity contribution is 0.942. The van der Waals surface area contributed by atoms with Crippen LogP contribution in [-0.2, 0) is 0 Å². The van der Waals surface area contributed by atoms with Gasteiger partial charge in [0.15, 0.2) is 4.77 Å². The molecule has 1 heterocycles. The second-order valence-corrected chi connectivity index (χ2v) is 5.62. The Morgan fingerprint density at radius 3 is 2.70 bits per heavy atom. The molecule has 4 nitrogen and oxygen atoms in total. The number of nitrogens with two attached hydrogens (primary N) is 1. The van der Waals surface area contributed by atoms with Crippen molar-refractivity contribution in [3.05, 3.63) is 62.1 Å². The number of hydrogen-bond acceptors (Lipinski definition) is 3. The second-order valence-electron chi connectivity index (χ2n) is 4.32. The number of aromatic nitrogens is 2. The maximum absolute atomic E-state index is 12.7. The third-order valence-electron chi connectivity index (χ3n) is 3.04. The molecule has 0 atom stereocenters. The summed E-state index contributed by atoms with van der Waals surface area (Å²) in [6, 6.07) is 12.6. The van der Waals surface area contributed by atoms with Crippen molar-refractivity contribution in [2.45, 2.75) is 0 Å².